The molecule has 0 rings (SSSR count). The van der Waals surface area contributed by atoms with Crippen molar-refractivity contribution in [1.29, 1.82) is 0 Å². The molecule has 0 saturated carbocycles. The Balaban J connectivity index is 0. The number of rotatable bonds is 3. The van der Waals surface area contributed by atoms with Crippen molar-refractivity contribution in [3.63, 3.8) is 0 Å². The molecule has 0 heterocycles. The maximum absolute atomic E-state index is 10.6. The summed E-state index contributed by atoms with van der Waals surface area (Å²) < 4.78 is 0. The van der Waals surface area contributed by atoms with Gasteiger partial charge in [0.15, 0.2) is 0 Å². The zero-order chi connectivity index (χ0) is 8.15. The topological polar surface area (TPSA) is 69.2 Å². The largest absolute Gasteiger partial charge is 1.00 e. The maximum Gasteiger partial charge on any atom is 1.00 e. The van der Waals surface area contributed by atoms with Gasteiger partial charge < -0.3 is 15.2 Å². The number of nitrogens with one attached hydrogen (secondary N) is 1. The Morgan fingerprint density at radius 1 is 1.64 bits per heavy atom. The van der Waals surface area contributed by atoms with E-state index in [1.165, 1.54) is 0 Å². The first-order valence-electron chi connectivity index (χ1n) is 2.69. The van der Waals surface area contributed by atoms with Gasteiger partial charge in [-0.25, -0.2) is 0 Å². The average molecular weight is 359 g/mol. The van der Waals surface area contributed by atoms with E-state index in [2.05, 4.69) is 17.9 Å². The molecular weight excluding hydrogens is 351 g/mol. The van der Waals surface area contributed by atoms with Crippen molar-refractivity contribution < 1.29 is 37.1 Å². The first-order chi connectivity index (χ1) is 4.54. The van der Waals surface area contributed by atoms with Crippen LogP contribution in [-0.4, -0.2) is 23.7 Å². The fraction of sp³-hybridized carbons (Fsp3) is 0.600. The number of carbonyl (C=O) groups is 2. The van der Waals surface area contributed by atoms with Crippen LogP contribution in [0, 0.1) is 0 Å². The Labute approximate surface area is 85.7 Å². The molecule has 0 aliphatic rings. The summed E-state index contributed by atoms with van der Waals surface area (Å²) in [7, 11) is 0. The number of carboxylic acids is 1. The van der Waals surface area contributed by atoms with Crippen LogP contribution in [0.25, 0.3) is 0 Å². The zero-order valence-electron chi connectivity index (χ0n) is 5.76. The number of carbonyl (C=O) groups excluding carboxylic acids is 2. The maximum atomic E-state index is 10.6. The number of hydrogen-bond acceptors (Lipinski definition) is 4. The van der Waals surface area contributed by atoms with Crippen LogP contribution >= 0.6 is 12.6 Å². The monoisotopic (exact) mass is 359 g/mol. The third-order valence-corrected chi connectivity index (χ3v) is 1.02. The summed E-state index contributed by atoms with van der Waals surface area (Å²) in [6.45, 7) is 1.09. The van der Waals surface area contributed by atoms with E-state index in [0.717, 1.165) is 0 Å². The van der Waals surface area contributed by atoms with Crippen LogP contribution in [0.4, 0.5) is 0 Å². The van der Waals surface area contributed by atoms with Gasteiger partial charge in [-0.1, -0.05) is 0 Å². The number of hydrogen-bond donors (Lipinski definition) is 2. The minimum absolute atomic E-state index is 0. The van der Waals surface area contributed by atoms with Crippen molar-refractivity contribution in [3.05, 3.63) is 0 Å². The number of aliphatic carboxylic acids is 1. The molecule has 0 aliphatic heterocycles. The minimum atomic E-state index is -1.30. The van der Waals surface area contributed by atoms with Gasteiger partial charge in [-0.3, -0.25) is 4.79 Å². The second-order valence-electron chi connectivity index (χ2n) is 1.77. The van der Waals surface area contributed by atoms with E-state index in [-0.39, 0.29) is 22.4 Å². The Bertz CT molecular complexity index is 151. The van der Waals surface area contributed by atoms with E-state index in [0.29, 0.717) is 0 Å². The molecule has 1 N–H and O–H groups in total. The molecule has 0 saturated heterocycles. The van der Waals surface area contributed by atoms with Gasteiger partial charge in [-0.05, 0) is 6.92 Å². The molecule has 0 aliphatic carbocycles. The van der Waals surface area contributed by atoms with Crippen LogP contribution in [0.15, 0.2) is 0 Å². The minimum Gasteiger partial charge on any atom is -0.548 e. The van der Waals surface area contributed by atoms with Gasteiger partial charge in [0.05, 0.1) is 17.8 Å². The molecule has 0 fully saturated rings. The van der Waals surface area contributed by atoms with Crippen LogP contribution in [0.1, 0.15) is 6.92 Å². The van der Waals surface area contributed by atoms with Crippen molar-refractivity contribution >= 4 is 24.5 Å². The van der Waals surface area contributed by atoms with E-state index >= 15 is 0 Å². The molecule has 1 unspecified atom stereocenters. The predicted octanol–water partition coefficient (Wildman–Crippen LogP) is -1.83. The summed E-state index contributed by atoms with van der Waals surface area (Å²) in [5.41, 5.74) is 0. The molecule has 6 heteroatoms. The van der Waals surface area contributed by atoms with Gasteiger partial charge >= 0.3 is 22.4 Å². The SMILES string of the molecule is CC(S)C(=O)NCC(=O)[O-].[Au+]. The summed E-state index contributed by atoms with van der Waals surface area (Å²) in [5.74, 6) is -1.71. The molecule has 0 aromatic carbocycles. The average Bonchev–Trinajstić information content (AvgIpc) is 1.82. The number of carboxylic acid groups (broad SMARTS) is 1. The smallest absolute Gasteiger partial charge is 0.548 e. The third kappa shape index (κ3) is 7.93. The van der Waals surface area contributed by atoms with Crippen LogP contribution in [0.3, 0.4) is 0 Å². The second kappa shape index (κ2) is 6.72. The molecule has 4 nitrogen and oxygen atoms in total. The molecule has 1 atom stereocenters. The summed E-state index contributed by atoms with van der Waals surface area (Å²) in [4.78, 5) is 20.3. The van der Waals surface area contributed by atoms with Gasteiger partial charge in [-0.2, -0.15) is 12.6 Å². The first kappa shape index (κ1) is 13.6. The molecule has 0 spiro atoms. The van der Waals surface area contributed by atoms with Gasteiger partial charge in [0.1, 0.15) is 0 Å². The Morgan fingerprint density at radius 3 is 2.36 bits per heavy atom. The predicted molar refractivity (Wildman–Crippen MR) is 36.5 cm³/mol. The number of thiol groups is 1. The summed E-state index contributed by atoms with van der Waals surface area (Å²) in [5, 5.41) is 11.4. The molecule has 0 aromatic rings. The summed E-state index contributed by atoms with van der Waals surface area (Å²) >= 11 is 3.77. The van der Waals surface area contributed by atoms with Crippen LogP contribution < -0.4 is 10.4 Å². The van der Waals surface area contributed by atoms with E-state index in [1.807, 2.05) is 0 Å². The van der Waals surface area contributed by atoms with Crippen molar-refractivity contribution in [3.8, 4) is 0 Å². The fourth-order valence-corrected chi connectivity index (χ4v) is 0.398. The molecule has 11 heavy (non-hydrogen) atoms. The third-order valence-electron chi connectivity index (χ3n) is 0.786. The zero-order valence-corrected chi connectivity index (χ0v) is 8.82. The van der Waals surface area contributed by atoms with Gasteiger partial charge in [0.2, 0.25) is 5.91 Å². The summed E-state index contributed by atoms with van der Waals surface area (Å²) in [6.07, 6.45) is 0. The Morgan fingerprint density at radius 2 is 2.09 bits per heavy atom. The standard InChI is InChI=1S/C5H9NO3S.Au/c1-3(10)5(9)6-2-4(7)8;/h3,10H,2H2,1H3,(H,6,9)(H,7,8);/q;+1/p-1. The second-order valence-corrected chi connectivity index (χ2v) is 2.54. The molecule has 1 amide bonds. The van der Waals surface area contributed by atoms with Crippen molar-refractivity contribution in [2.75, 3.05) is 6.54 Å². The van der Waals surface area contributed by atoms with Crippen molar-refractivity contribution in [2.24, 2.45) is 0 Å². The van der Waals surface area contributed by atoms with Crippen LogP contribution in [0.2, 0.25) is 0 Å². The molecule has 0 aromatic heterocycles. The molecule has 0 radical (unpaired) electrons. The van der Waals surface area contributed by atoms with Gasteiger partial charge in [0, 0.05) is 0 Å². The van der Waals surface area contributed by atoms with Crippen LogP contribution in [-0.2, 0) is 32.0 Å². The van der Waals surface area contributed by atoms with E-state index < -0.39 is 23.7 Å². The Hall–Kier alpha value is 0.0303. The van der Waals surface area contributed by atoms with Gasteiger partial charge in [0.25, 0.3) is 0 Å². The fourth-order valence-electron chi connectivity index (χ4n) is 0.307. The normalized spacial score (nSPS) is 11.1. The van der Waals surface area contributed by atoms with Crippen LogP contribution in [0.5, 0.6) is 0 Å². The molecule has 68 valence electrons. The number of amides is 1. The molecular formula is C5H8AuNO3S. The Kier molecular flexibility index (Phi) is 8.32. The van der Waals surface area contributed by atoms with E-state index in [4.69, 9.17) is 0 Å². The quantitative estimate of drug-likeness (QED) is 0.460. The van der Waals surface area contributed by atoms with Crippen molar-refractivity contribution in [1.82, 2.24) is 5.32 Å². The van der Waals surface area contributed by atoms with Gasteiger partial charge in [-0.15, -0.1) is 0 Å². The van der Waals surface area contributed by atoms with Crippen molar-refractivity contribution in [2.45, 2.75) is 12.2 Å². The molecule has 0 bridgehead atoms. The first-order valence-corrected chi connectivity index (χ1v) is 3.21. The van der Waals surface area contributed by atoms with E-state index in [1.54, 1.807) is 6.92 Å². The summed E-state index contributed by atoms with van der Waals surface area (Å²) in [6, 6.07) is 0. The van der Waals surface area contributed by atoms with E-state index in [9.17, 15) is 14.7 Å².